The van der Waals surface area contributed by atoms with Crippen LogP contribution in [0.15, 0.2) is 47.5 Å². The Bertz CT molecular complexity index is 1200. The summed E-state index contributed by atoms with van der Waals surface area (Å²) in [5.74, 6) is -0.923. The number of para-hydroxylation sites is 1. The number of amidine groups is 1. The van der Waals surface area contributed by atoms with Gasteiger partial charge in [-0.05, 0) is 44.0 Å². The third-order valence-electron chi connectivity index (χ3n) is 6.43. The van der Waals surface area contributed by atoms with Crippen LogP contribution in [0.25, 0.3) is 0 Å². The van der Waals surface area contributed by atoms with Crippen LogP contribution in [0.1, 0.15) is 29.5 Å². The minimum atomic E-state index is -4.61. The van der Waals surface area contributed by atoms with Gasteiger partial charge in [-0.3, -0.25) is 19.4 Å². The Morgan fingerprint density at radius 1 is 1.13 bits per heavy atom. The third-order valence-corrected chi connectivity index (χ3v) is 7.60. The monoisotopic (exact) mass is 548 g/mol. The number of thioether (sulfide) groups is 1. The van der Waals surface area contributed by atoms with Crippen LogP contribution < -0.4 is 5.32 Å². The van der Waals surface area contributed by atoms with Crippen molar-refractivity contribution in [3.8, 4) is 0 Å². The number of morpholine rings is 1. The number of hydrogen-bond acceptors (Lipinski definition) is 6. The normalized spacial score (nSPS) is 19.8. The minimum absolute atomic E-state index is 0.262. The summed E-state index contributed by atoms with van der Waals surface area (Å²) in [6, 6.07) is 10.6. The van der Waals surface area contributed by atoms with Crippen LogP contribution in [0.5, 0.6) is 0 Å². The van der Waals surface area contributed by atoms with Gasteiger partial charge in [0.2, 0.25) is 11.8 Å². The van der Waals surface area contributed by atoms with Crippen LogP contribution in [-0.2, 0) is 20.5 Å². The van der Waals surface area contributed by atoms with Gasteiger partial charge in [-0.2, -0.15) is 13.2 Å². The van der Waals surface area contributed by atoms with E-state index in [1.807, 2.05) is 32.0 Å². The Morgan fingerprint density at radius 3 is 2.58 bits per heavy atom. The smallest absolute Gasteiger partial charge is 0.379 e. The molecule has 2 aliphatic rings. The molecule has 2 fully saturated rings. The summed E-state index contributed by atoms with van der Waals surface area (Å²) in [5.41, 5.74) is 1.53. The van der Waals surface area contributed by atoms with Crippen LogP contribution in [0.2, 0.25) is 0 Å². The summed E-state index contributed by atoms with van der Waals surface area (Å²) < 4.78 is 45.4. The summed E-state index contributed by atoms with van der Waals surface area (Å²) in [6.45, 7) is 8.22. The van der Waals surface area contributed by atoms with E-state index < -0.39 is 22.9 Å². The summed E-state index contributed by atoms with van der Waals surface area (Å²) in [5, 5.41) is 2.06. The van der Waals surface area contributed by atoms with Crippen LogP contribution in [0, 0.1) is 13.8 Å². The molecule has 2 aromatic carbocycles. The Hall–Kier alpha value is -2.89. The molecular weight excluding hydrogens is 517 g/mol. The lowest BCUT2D eigenvalue weighted by Crippen LogP contribution is -2.39. The molecule has 1 atom stereocenters. The maximum Gasteiger partial charge on any atom is 0.418 e. The topological polar surface area (TPSA) is 74.2 Å². The zero-order valence-corrected chi connectivity index (χ0v) is 22.2. The first kappa shape index (κ1) is 28.1. The molecule has 0 bridgehead atoms. The highest BCUT2D eigenvalue weighted by Gasteiger charge is 2.40. The van der Waals surface area contributed by atoms with E-state index in [9.17, 15) is 22.8 Å². The van der Waals surface area contributed by atoms with E-state index in [4.69, 9.17) is 9.73 Å². The van der Waals surface area contributed by atoms with E-state index in [0.29, 0.717) is 24.9 Å². The molecule has 0 aliphatic carbocycles. The van der Waals surface area contributed by atoms with Crippen molar-refractivity contribution in [1.29, 1.82) is 0 Å². The maximum atomic E-state index is 13.4. The first-order valence-electron chi connectivity index (χ1n) is 12.5. The molecule has 2 saturated heterocycles. The summed E-state index contributed by atoms with van der Waals surface area (Å²) in [7, 11) is 0. The van der Waals surface area contributed by atoms with E-state index in [-0.39, 0.29) is 18.0 Å². The van der Waals surface area contributed by atoms with Crippen molar-refractivity contribution in [2.45, 2.75) is 38.1 Å². The van der Waals surface area contributed by atoms with Gasteiger partial charge in [-0.25, -0.2) is 4.99 Å². The lowest BCUT2D eigenvalue weighted by atomic mass is 10.1. The largest absolute Gasteiger partial charge is 0.418 e. The predicted molar refractivity (Wildman–Crippen MR) is 143 cm³/mol. The number of rotatable bonds is 8. The average molecular weight is 549 g/mol. The van der Waals surface area contributed by atoms with E-state index in [0.717, 1.165) is 48.9 Å². The van der Waals surface area contributed by atoms with Gasteiger partial charge < -0.3 is 10.1 Å². The molecular formula is C27H31F3N4O3S. The average Bonchev–Trinajstić information content (AvgIpc) is 3.15. The predicted octanol–water partition coefficient (Wildman–Crippen LogP) is 5.00. The number of halogens is 3. The molecule has 2 heterocycles. The fraction of sp³-hybridized carbons (Fsp3) is 0.444. The van der Waals surface area contributed by atoms with Crippen LogP contribution in [0.3, 0.4) is 0 Å². The zero-order chi connectivity index (χ0) is 27.3. The number of anilines is 1. The molecule has 38 heavy (non-hydrogen) atoms. The standard InChI is InChI=1S/C27H31F3N4O3S/c1-18-8-9-21(19(2)16-18)32-26-34(11-5-10-33-12-14-37-15-13-33)25(36)23(38-26)17-24(35)31-22-7-4-3-6-20(22)27(28,29)30/h3-4,6-9,16,23H,5,10-15,17H2,1-2H3,(H,31,35)/t23-/m0/s1. The number of carbonyl (C=O) groups is 2. The highest BCUT2D eigenvalue weighted by Crippen LogP contribution is 2.36. The van der Waals surface area contributed by atoms with Gasteiger partial charge in [0.1, 0.15) is 5.25 Å². The number of ether oxygens (including phenoxy) is 1. The van der Waals surface area contributed by atoms with Crippen molar-refractivity contribution in [2.24, 2.45) is 4.99 Å². The van der Waals surface area contributed by atoms with Crippen LogP contribution in [0.4, 0.5) is 24.5 Å². The second-order valence-corrected chi connectivity index (χ2v) is 10.6. The lowest BCUT2D eigenvalue weighted by molar-refractivity contribution is -0.137. The lowest BCUT2D eigenvalue weighted by Gasteiger charge is -2.27. The van der Waals surface area contributed by atoms with Crippen LogP contribution >= 0.6 is 11.8 Å². The Morgan fingerprint density at radius 2 is 1.87 bits per heavy atom. The number of nitrogens with one attached hydrogen (secondary N) is 1. The summed E-state index contributed by atoms with van der Waals surface area (Å²) >= 11 is 1.18. The van der Waals surface area contributed by atoms with Crippen molar-refractivity contribution in [3.63, 3.8) is 0 Å². The first-order chi connectivity index (χ1) is 18.1. The highest BCUT2D eigenvalue weighted by atomic mass is 32.2. The molecule has 1 N–H and O–H groups in total. The van der Waals surface area contributed by atoms with E-state index in [1.54, 1.807) is 4.90 Å². The number of hydrogen-bond donors (Lipinski definition) is 1. The molecule has 0 aromatic heterocycles. The van der Waals surface area contributed by atoms with Crippen molar-refractivity contribution in [3.05, 3.63) is 59.2 Å². The number of benzene rings is 2. The van der Waals surface area contributed by atoms with Crippen molar-refractivity contribution in [1.82, 2.24) is 9.80 Å². The summed E-state index contributed by atoms with van der Waals surface area (Å²) in [4.78, 5) is 34.8. The number of carbonyl (C=O) groups excluding carboxylic acids is 2. The third kappa shape index (κ3) is 7.15. The number of aliphatic imine (C=N–C) groups is 1. The molecule has 0 radical (unpaired) electrons. The molecule has 0 unspecified atom stereocenters. The Kier molecular flexibility index (Phi) is 9.11. The van der Waals surface area contributed by atoms with Crippen molar-refractivity contribution in [2.75, 3.05) is 44.7 Å². The fourth-order valence-electron chi connectivity index (χ4n) is 4.45. The zero-order valence-electron chi connectivity index (χ0n) is 21.4. The molecule has 2 aliphatic heterocycles. The van der Waals surface area contributed by atoms with Crippen molar-refractivity contribution < 1.29 is 27.5 Å². The number of nitrogens with zero attached hydrogens (tertiary/aromatic N) is 3. The number of amides is 2. The minimum Gasteiger partial charge on any atom is -0.379 e. The number of aryl methyl sites for hydroxylation is 2. The molecule has 0 spiro atoms. The molecule has 11 heteroatoms. The quantitative estimate of drug-likeness (QED) is 0.503. The van der Waals surface area contributed by atoms with Gasteiger partial charge in [0.25, 0.3) is 0 Å². The Labute approximate surface area is 224 Å². The van der Waals surface area contributed by atoms with Gasteiger partial charge in [-0.1, -0.05) is 41.6 Å². The first-order valence-corrected chi connectivity index (χ1v) is 13.4. The van der Waals surface area contributed by atoms with E-state index in [2.05, 4.69) is 10.2 Å². The highest BCUT2D eigenvalue weighted by molar-refractivity contribution is 8.15. The molecule has 4 rings (SSSR count). The number of alkyl halides is 3. The second kappa shape index (κ2) is 12.3. The molecule has 0 saturated carbocycles. The molecule has 204 valence electrons. The van der Waals surface area contributed by atoms with Crippen molar-refractivity contribution >= 4 is 40.1 Å². The van der Waals surface area contributed by atoms with E-state index in [1.165, 1.54) is 30.0 Å². The second-order valence-electron chi connectivity index (χ2n) is 9.38. The van der Waals surface area contributed by atoms with Gasteiger partial charge in [0.15, 0.2) is 5.17 Å². The molecule has 2 amide bonds. The SMILES string of the molecule is Cc1ccc(N=C2S[C@@H](CC(=O)Nc3ccccc3C(F)(F)F)C(=O)N2CCCN2CCOCC2)c(C)c1. The van der Waals surface area contributed by atoms with E-state index >= 15 is 0 Å². The fourth-order valence-corrected chi connectivity index (χ4v) is 5.63. The van der Waals surface area contributed by atoms with Gasteiger partial charge >= 0.3 is 6.18 Å². The summed E-state index contributed by atoms with van der Waals surface area (Å²) in [6.07, 6.45) is -4.15. The van der Waals surface area contributed by atoms with Gasteiger partial charge in [-0.15, -0.1) is 0 Å². The van der Waals surface area contributed by atoms with Gasteiger partial charge in [0, 0.05) is 32.6 Å². The molecule has 7 nitrogen and oxygen atoms in total. The molecule has 2 aromatic rings. The van der Waals surface area contributed by atoms with Crippen LogP contribution in [-0.4, -0.2) is 71.4 Å². The Balaban J connectivity index is 1.48. The van der Waals surface area contributed by atoms with Gasteiger partial charge in [0.05, 0.1) is 30.2 Å². The maximum absolute atomic E-state index is 13.4.